The van der Waals surface area contributed by atoms with Crippen LogP contribution in [0.4, 0.5) is 10.1 Å². The average Bonchev–Trinajstić information content (AvgIpc) is 3.45. The summed E-state index contributed by atoms with van der Waals surface area (Å²) in [7, 11) is -1.51. The lowest BCUT2D eigenvalue weighted by atomic mass is 10.1. The Morgan fingerprint density at radius 2 is 1.88 bits per heavy atom. The second-order valence-corrected chi connectivity index (χ2v) is 10.7. The van der Waals surface area contributed by atoms with E-state index in [0.717, 1.165) is 48.2 Å². The highest BCUT2D eigenvalue weighted by molar-refractivity contribution is 7.92. The zero-order chi connectivity index (χ0) is 24.3. The molecule has 0 spiro atoms. The van der Waals surface area contributed by atoms with Gasteiger partial charge in [0.15, 0.2) is 0 Å². The first kappa shape index (κ1) is 23.9. The molecule has 3 aromatic rings. The minimum Gasteiger partial charge on any atom is -0.342 e. The lowest BCUT2D eigenvalue weighted by Crippen LogP contribution is -2.28. The lowest BCUT2D eigenvalue weighted by molar-refractivity contribution is 0.0792. The summed E-state index contributed by atoms with van der Waals surface area (Å²) in [4.78, 5) is 14.5. The van der Waals surface area contributed by atoms with Crippen molar-refractivity contribution in [2.24, 2.45) is 0 Å². The first-order chi connectivity index (χ1) is 16.2. The fourth-order valence-electron chi connectivity index (χ4n) is 4.27. The number of aromatic nitrogens is 2. The summed E-state index contributed by atoms with van der Waals surface area (Å²) < 4.78 is 38.3. The number of aryl methyl sites for hydroxylation is 1. The summed E-state index contributed by atoms with van der Waals surface area (Å²) in [5, 5.41) is 7.35. The first-order valence-electron chi connectivity index (χ1n) is 11.4. The van der Waals surface area contributed by atoms with Gasteiger partial charge >= 0.3 is 0 Å². The number of nitrogens with one attached hydrogen (secondary N) is 1. The Labute approximate surface area is 199 Å². The molecule has 2 heterocycles. The summed E-state index contributed by atoms with van der Waals surface area (Å²) in [5.74, 6) is -0.323. The number of hydrogen-bond donors (Lipinski definition) is 1. The summed E-state index contributed by atoms with van der Waals surface area (Å²) in [6, 6.07) is 13.5. The Hall–Kier alpha value is -3.20. The van der Waals surface area contributed by atoms with Crippen LogP contribution in [0.5, 0.6) is 0 Å². The number of amides is 1. The molecule has 7 nitrogen and oxygen atoms in total. The van der Waals surface area contributed by atoms with E-state index < -0.39 is 10.0 Å². The van der Waals surface area contributed by atoms with Gasteiger partial charge in [-0.15, -0.1) is 0 Å². The van der Waals surface area contributed by atoms with E-state index in [1.165, 1.54) is 22.7 Å². The van der Waals surface area contributed by atoms with Gasteiger partial charge in [0.1, 0.15) is 5.82 Å². The number of unbranched alkanes of at least 4 members (excludes halogenated alkanes) is 2. The summed E-state index contributed by atoms with van der Waals surface area (Å²) in [6.07, 6.45) is 5.49. The topological polar surface area (TPSA) is 86.4 Å². The summed E-state index contributed by atoms with van der Waals surface area (Å²) in [6.45, 7) is 1.07. The van der Waals surface area contributed by atoms with Crippen molar-refractivity contribution in [3.05, 3.63) is 71.2 Å². The third kappa shape index (κ3) is 5.47. The molecule has 4 rings (SSSR count). The van der Waals surface area contributed by atoms with E-state index >= 15 is 0 Å². The van der Waals surface area contributed by atoms with E-state index in [1.807, 2.05) is 12.1 Å². The van der Waals surface area contributed by atoms with Gasteiger partial charge in [0.2, 0.25) is 10.0 Å². The summed E-state index contributed by atoms with van der Waals surface area (Å²) in [5.41, 5.74) is 4.86. The zero-order valence-electron chi connectivity index (χ0n) is 19.4. The van der Waals surface area contributed by atoms with Crippen LogP contribution < -0.4 is 4.31 Å². The van der Waals surface area contributed by atoms with Crippen molar-refractivity contribution >= 4 is 21.6 Å². The van der Waals surface area contributed by atoms with Crippen LogP contribution in [0.3, 0.4) is 0 Å². The molecular formula is C25H29FN4O3S. The Kier molecular flexibility index (Phi) is 7.02. The number of carbonyl (C=O) groups excluding carboxylic acids is 1. The number of nitrogens with zero attached hydrogens (tertiary/aromatic N) is 3. The monoisotopic (exact) mass is 484 g/mol. The van der Waals surface area contributed by atoms with Crippen molar-refractivity contribution in [1.82, 2.24) is 15.1 Å². The number of hydrogen-bond acceptors (Lipinski definition) is 4. The van der Waals surface area contributed by atoms with Gasteiger partial charge in [-0.05, 0) is 79.8 Å². The molecule has 180 valence electrons. The SMILES string of the molecule is CN(CCCCCc1cc(-c2ccc(F)cc2)n[nH]1)C(=O)c1ccc2c(c1)CCN2S(C)(=O)=O. The molecule has 0 saturated heterocycles. The smallest absolute Gasteiger partial charge is 0.253 e. The number of benzene rings is 2. The molecule has 34 heavy (non-hydrogen) atoms. The van der Waals surface area contributed by atoms with E-state index in [1.54, 1.807) is 36.2 Å². The molecule has 0 atom stereocenters. The standard InChI is InChI=1S/C25H29FN4O3S/c1-29(25(31)20-9-12-24-19(16-20)13-15-30(24)34(2,32)33)14-5-3-4-6-22-17-23(28-27-22)18-7-10-21(26)11-8-18/h7-12,16-17H,3-6,13-15H2,1-2H3,(H,27,28). The van der Waals surface area contributed by atoms with Gasteiger partial charge in [-0.2, -0.15) is 5.10 Å². The molecule has 0 bridgehead atoms. The van der Waals surface area contributed by atoms with Crippen LogP contribution in [0.15, 0.2) is 48.5 Å². The minimum atomic E-state index is -3.30. The van der Waals surface area contributed by atoms with E-state index in [4.69, 9.17) is 0 Å². The fraction of sp³-hybridized carbons (Fsp3) is 0.360. The molecule has 0 unspecified atom stereocenters. The molecular weight excluding hydrogens is 455 g/mol. The van der Waals surface area contributed by atoms with E-state index in [2.05, 4.69) is 10.2 Å². The van der Waals surface area contributed by atoms with Crippen LogP contribution in [-0.2, 0) is 22.9 Å². The third-order valence-corrected chi connectivity index (χ3v) is 7.32. The highest BCUT2D eigenvalue weighted by Crippen LogP contribution is 2.31. The Balaban J connectivity index is 1.23. The van der Waals surface area contributed by atoms with Crippen molar-refractivity contribution in [3.63, 3.8) is 0 Å². The molecule has 1 aliphatic heterocycles. The van der Waals surface area contributed by atoms with Crippen molar-refractivity contribution in [3.8, 4) is 11.3 Å². The van der Waals surface area contributed by atoms with E-state index in [0.29, 0.717) is 30.8 Å². The quantitative estimate of drug-likeness (QED) is 0.465. The molecule has 1 N–H and O–H groups in total. The van der Waals surface area contributed by atoms with Gasteiger partial charge in [-0.1, -0.05) is 6.42 Å². The van der Waals surface area contributed by atoms with Crippen LogP contribution in [0.1, 0.15) is 40.9 Å². The number of carbonyl (C=O) groups is 1. The largest absolute Gasteiger partial charge is 0.342 e. The maximum Gasteiger partial charge on any atom is 0.253 e. The predicted octanol–water partition coefficient (Wildman–Crippen LogP) is 4.02. The molecule has 9 heteroatoms. The number of sulfonamides is 1. The highest BCUT2D eigenvalue weighted by Gasteiger charge is 2.27. The number of rotatable bonds is 9. The molecule has 0 fully saturated rings. The Bertz CT molecular complexity index is 1270. The van der Waals surface area contributed by atoms with Gasteiger partial charge in [0.25, 0.3) is 5.91 Å². The molecule has 0 saturated carbocycles. The second kappa shape index (κ2) is 9.97. The van der Waals surface area contributed by atoms with Crippen molar-refractivity contribution in [2.75, 3.05) is 30.7 Å². The summed E-state index contributed by atoms with van der Waals surface area (Å²) >= 11 is 0. The van der Waals surface area contributed by atoms with Crippen molar-refractivity contribution < 1.29 is 17.6 Å². The maximum atomic E-state index is 13.1. The van der Waals surface area contributed by atoms with Crippen LogP contribution in [-0.4, -0.2) is 55.8 Å². The van der Waals surface area contributed by atoms with Gasteiger partial charge < -0.3 is 4.90 Å². The van der Waals surface area contributed by atoms with Gasteiger partial charge in [-0.3, -0.25) is 14.2 Å². The number of fused-ring (bicyclic) bond motifs is 1. The molecule has 0 radical (unpaired) electrons. The number of anilines is 1. The second-order valence-electron chi connectivity index (χ2n) is 8.75. The molecule has 2 aromatic carbocycles. The molecule has 0 aliphatic carbocycles. The highest BCUT2D eigenvalue weighted by atomic mass is 32.2. The molecule has 1 aliphatic rings. The molecule has 1 aromatic heterocycles. The van der Waals surface area contributed by atoms with Crippen LogP contribution in [0.25, 0.3) is 11.3 Å². The van der Waals surface area contributed by atoms with Gasteiger partial charge in [0, 0.05) is 37.0 Å². The third-order valence-electron chi connectivity index (χ3n) is 6.14. The Morgan fingerprint density at radius 3 is 2.62 bits per heavy atom. The van der Waals surface area contributed by atoms with Crippen LogP contribution in [0.2, 0.25) is 0 Å². The van der Waals surface area contributed by atoms with Crippen LogP contribution >= 0.6 is 0 Å². The Morgan fingerprint density at radius 1 is 1.12 bits per heavy atom. The van der Waals surface area contributed by atoms with Gasteiger partial charge in [-0.25, -0.2) is 12.8 Å². The van der Waals surface area contributed by atoms with Crippen molar-refractivity contribution in [1.29, 1.82) is 0 Å². The predicted molar refractivity (Wildman–Crippen MR) is 131 cm³/mol. The first-order valence-corrected chi connectivity index (χ1v) is 13.2. The lowest BCUT2D eigenvalue weighted by Gasteiger charge is -2.19. The van der Waals surface area contributed by atoms with Gasteiger partial charge in [0.05, 0.1) is 17.6 Å². The maximum absolute atomic E-state index is 13.1. The van der Waals surface area contributed by atoms with E-state index in [9.17, 15) is 17.6 Å². The van der Waals surface area contributed by atoms with Crippen LogP contribution in [0, 0.1) is 5.82 Å². The van der Waals surface area contributed by atoms with E-state index in [-0.39, 0.29) is 11.7 Å². The minimum absolute atomic E-state index is 0.0573. The number of halogens is 1. The zero-order valence-corrected chi connectivity index (χ0v) is 20.2. The normalized spacial score (nSPS) is 13.2. The number of H-pyrrole nitrogens is 1. The average molecular weight is 485 g/mol. The van der Waals surface area contributed by atoms with Crippen molar-refractivity contribution in [2.45, 2.75) is 32.1 Å². The number of aromatic amines is 1. The molecule has 1 amide bonds. The fourth-order valence-corrected chi connectivity index (χ4v) is 5.23.